The third-order valence-corrected chi connectivity index (χ3v) is 5.51. The van der Waals surface area contributed by atoms with Gasteiger partial charge in [-0.3, -0.25) is 9.78 Å². The molecule has 0 saturated carbocycles. The molecule has 2 aromatic rings. The minimum atomic E-state index is -0.281. The quantitative estimate of drug-likeness (QED) is 0.590. The van der Waals surface area contributed by atoms with Crippen molar-refractivity contribution >= 4 is 23.3 Å². The summed E-state index contributed by atoms with van der Waals surface area (Å²) in [6.07, 6.45) is 1.78. The molecule has 1 saturated heterocycles. The molecular weight excluding hydrogens is 372 g/mol. The van der Waals surface area contributed by atoms with Crippen LogP contribution in [0, 0.1) is 13.8 Å². The Balaban J connectivity index is 2.07. The van der Waals surface area contributed by atoms with Crippen LogP contribution in [0.1, 0.15) is 61.5 Å². The molecule has 0 bridgehead atoms. The zero-order valence-corrected chi connectivity index (χ0v) is 17.9. The first-order valence-corrected chi connectivity index (χ1v) is 10.1. The van der Waals surface area contributed by atoms with E-state index in [1.54, 1.807) is 6.20 Å². The molecule has 150 valence electrons. The summed E-state index contributed by atoms with van der Waals surface area (Å²) in [6, 6.07) is 8.13. The Morgan fingerprint density at radius 1 is 1.36 bits per heavy atom. The van der Waals surface area contributed by atoms with Gasteiger partial charge in [0.1, 0.15) is 6.54 Å². The summed E-state index contributed by atoms with van der Waals surface area (Å²) < 4.78 is 7.50. The van der Waals surface area contributed by atoms with E-state index in [-0.39, 0.29) is 24.6 Å². The number of nitrogens with zero attached hydrogens (tertiary/aromatic N) is 3. The highest BCUT2D eigenvalue weighted by molar-refractivity contribution is 7.80. The van der Waals surface area contributed by atoms with Crippen molar-refractivity contribution in [2.24, 2.45) is 0 Å². The largest absolute Gasteiger partial charge is 0.465 e. The zero-order valence-electron chi connectivity index (χ0n) is 17.1. The maximum absolute atomic E-state index is 12.3. The van der Waals surface area contributed by atoms with Crippen molar-refractivity contribution in [1.29, 1.82) is 0 Å². The molecule has 0 amide bonds. The van der Waals surface area contributed by atoms with Crippen LogP contribution in [-0.2, 0) is 9.53 Å². The van der Waals surface area contributed by atoms with E-state index in [1.165, 1.54) is 11.4 Å². The molecule has 2 atom stereocenters. The second-order valence-electron chi connectivity index (χ2n) is 7.35. The second-order valence-corrected chi connectivity index (χ2v) is 7.74. The molecular formula is C21H28N4O2S. The van der Waals surface area contributed by atoms with Gasteiger partial charge in [-0.2, -0.15) is 0 Å². The SMILES string of the molecule is CCOC(=O)CN1C(=S)N[C@@H](c2ccccn2)[C@H]1c1cc(C)n(C(C)C)c1C. The summed E-state index contributed by atoms with van der Waals surface area (Å²) in [5.74, 6) is -0.281. The highest BCUT2D eigenvalue weighted by Crippen LogP contribution is 2.41. The van der Waals surface area contributed by atoms with Crippen molar-refractivity contribution < 1.29 is 9.53 Å². The molecule has 7 heteroatoms. The number of aromatic nitrogens is 2. The van der Waals surface area contributed by atoms with Crippen molar-refractivity contribution in [3.63, 3.8) is 0 Å². The number of thiocarbonyl (C=S) groups is 1. The van der Waals surface area contributed by atoms with Crippen LogP contribution in [0.5, 0.6) is 0 Å². The van der Waals surface area contributed by atoms with E-state index < -0.39 is 0 Å². The van der Waals surface area contributed by atoms with E-state index in [1.807, 2.05) is 30.0 Å². The van der Waals surface area contributed by atoms with E-state index in [4.69, 9.17) is 17.0 Å². The minimum Gasteiger partial charge on any atom is -0.465 e. The molecule has 6 nitrogen and oxygen atoms in total. The van der Waals surface area contributed by atoms with Gasteiger partial charge in [-0.05, 0) is 70.6 Å². The third kappa shape index (κ3) is 3.76. The molecule has 1 aliphatic heterocycles. The van der Waals surface area contributed by atoms with E-state index in [9.17, 15) is 4.79 Å². The molecule has 1 fully saturated rings. The molecule has 0 aromatic carbocycles. The van der Waals surface area contributed by atoms with Crippen LogP contribution in [0.15, 0.2) is 30.5 Å². The number of nitrogens with one attached hydrogen (secondary N) is 1. The number of pyridine rings is 1. The Bertz CT molecular complexity index is 863. The van der Waals surface area contributed by atoms with Crippen molar-refractivity contribution in [3.05, 3.63) is 53.1 Å². The fourth-order valence-corrected chi connectivity index (χ4v) is 4.46. The third-order valence-electron chi connectivity index (χ3n) is 5.16. The van der Waals surface area contributed by atoms with Gasteiger partial charge in [-0.25, -0.2) is 0 Å². The van der Waals surface area contributed by atoms with Gasteiger partial charge in [-0.15, -0.1) is 0 Å². The van der Waals surface area contributed by atoms with Crippen LogP contribution in [0.25, 0.3) is 0 Å². The Morgan fingerprint density at radius 3 is 2.68 bits per heavy atom. The summed E-state index contributed by atoms with van der Waals surface area (Å²) in [4.78, 5) is 18.7. The molecule has 0 aliphatic carbocycles. The number of carbonyl (C=O) groups excluding carboxylic acids is 1. The Hall–Kier alpha value is -2.41. The highest BCUT2D eigenvalue weighted by Gasteiger charge is 2.42. The topological polar surface area (TPSA) is 59.4 Å². The molecule has 0 spiro atoms. The van der Waals surface area contributed by atoms with Crippen molar-refractivity contribution in [1.82, 2.24) is 19.8 Å². The number of rotatable bonds is 6. The second kappa shape index (κ2) is 8.31. The van der Waals surface area contributed by atoms with Crippen LogP contribution >= 0.6 is 12.2 Å². The van der Waals surface area contributed by atoms with Gasteiger partial charge in [0.2, 0.25) is 0 Å². The lowest BCUT2D eigenvalue weighted by atomic mass is 9.97. The van der Waals surface area contributed by atoms with E-state index in [0.29, 0.717) is 17.8 Å². The molecule has 1 N–H and O–H groups in total. The first-order chi connectivity index (χ1) is 13.3. The summed E-state index contributed by atoms with van der Waals surface area (Å²) in [5.41, 5.74) is 4.42. The fraction of sp³-hybridized carbons (Fsp3) is 0.476. The predicted octanol–water partition coefficient (Wildman–Crippen LogP) is 3.62. The monoisotopic (exact) mass is 400 g/mol. The van der Waals surface area contributed by atoms with Crippen LogP contribution in [0.2, 0.25) is 0 Å². The number of carbonyl (C=O) groups is 1. The molecule has 2 aromatic heterocycles. The number of esters is 1. The van der Waals surface area contributed by atoms with Gasteiger partial charge in [0.05, 0.1) is 24.4 Å². The Morgan fingerprint density at radius 2 is 2.11 bits per heavy atom. The van der Waals surface area contributed by atoms with Crippen molar-refractivity contribution in [2.45, 2.75) is 52.7 Å². The molecule has 0 radical (unpaired) electrons. The van der Waals surface area contributed by atoms with Gasteiger partial charge in [0.25, 0.3) is 0 Å². The average Bonchev–Trinajstić information content (AvgIpc) is 3.12. The van der Waals surface area contributed by atoms with Gasteiger partial charge in [0.15, 0.2) is 5.11 Å². The smallest absolute Gasteiger partial charge is 0.325 e. The predicted molar refractivity (Wildman–Crippen MR) is 113 cm³/mol. The molecule has 28 heavy (non-hydrogen) atoms. The minimum absolute atomic E-state index is 0.110. The van der Waals surface area contributed by atoms with Crippen molar-refractivity contribution in [2.75, 3.05) is 13.2 Å². The van der Waals surface area contributed by atoms with Crippen LogP contribution in [0.4, 0.5) is 0 Å². The maximum atomic E-state index is 12.3. The first-order valence-electron chi connectivity index (χ1n) is 9.67. The summed E-state index contributed by atoms with van der Waals surface area (Å²) in [7, 11) is 0. The lowest BCUT2D eigenvalue weighted by Gasteiger charge is -2.27. The number of ether oxygens (including phenoxy) is 1. The summed E-state index contributed by atoms with van der Waals surface area (Å²) in [6.45, 7) is 10.9. The van der Waals surface area contributed by atoms with Crippen LogP contribution < -0.4 is 5.32 Å². The fourth-order valence-electron chi connectivity index (χ4n) is 4.16. The molecule has 3 heterocycles. The molecule has 1 aliphatic rings. The van der Waals surface area contributed by atoms with Crippen LogP contribution in [-0.4, -0.2) is 38.7 Å². The lowest BCUT2D eigenvalue weighted by Crippen LogP contribution is -2.35. The van der Waals surface area contributed by atoms with Crippen molar-refractivity contribution in [3.8, 4) is 0 Å². The Labute approximate surface area is 171 Å². The summed E-state index contributed by atoms with van der Waals surface area (Å²) >= 11 is 5.60. The lowest BCUT2D eigenvalue weighted by molar-refractivity contribution is -0.143. The number of aryl methyl sites for hydroxylation is 1. The standard InChI is InChI=1S/C21H28N4O2S/c1-6-27-18(26)12-24-20(16-11-14(4)25(13(2)3)15(16)5)19(23-21(24)28)17-9-7-8-10-22-17/h7-11,13,19-20H,6,12H2,1-5H3,(H,23,28)/t19-,20+/m0/s1. The van der Waals surface area contributed by atoms with E-state index in [2.05, 4.69) is 48.6 Å². The number of hydrogen-bond donors (Lipinski definition) is 1. The van der Waals surface area contributed by atoms with Gasteiger partial charge in [0, 0.05) is 23.6 Å². The normalized spacial score (nSPS) is 19.2. The van der Waals surface area contributed by atoms with Gasteiger partial charge in [-0.1, -0.05) is 6.07 Å². The van der Waals surface area contributed by atoms with E-state index >= 15 is 0 Å². The highest BCUT2D eigenvalue weighted by atomic mass is 32.1. The average molecular weight is 401 g/mol. The maximum Gasteiger partial charge on any atom is 0.325 e. The Kier molecular flexibility index (Phi) is 6.03. The number of hydrogen-bond acceptors (Lipinski definition) is 4. The zero-order chi connectivity index (χ0) is 20.4. The molecule has 3 rings (SSSR count). The first kappa shape index (κ1) is 20.3. The van der Waals surface area contributed by atoms with E-state index in [0.717, 1.165) is 11.3 Å². The summed E-state index contributed by atoms with van der Waals surface area (Å²) in [5, 5.41) is 3.92. The van der Waals surface area contributed by atoms with Gasteiger partial charge < -0.3 is 19.5 Å². The van der Waals surface area contributed by atoms with Crippen LogP contribution in [0.3, 0.4) is 0 Å². The van der Waals surface area contributed by atoms with Gasteiger partial charge >= 0.3 is 5.97 Å². The molecule has 0 unspecified atom stereocenters.